The van der Waals surface area contributed by atoms with Gasteiger partial charge in [-0.25, -0.2) is 0 Å². The van der Waals surface area contributed by atoms with Crippen molar-refractivity contribution in [3.63, 3.8) is 0 Å². The standard InChI is InChI=1S/C21H33N3O3/c1-17-3-5-20(6-4-17)23-9-7-21(27,8-10-23)16-22-11-12-24(18(2)26)14-19(13-22)15-25/h3-6,19,25,27H,7-16H2,1-2H3/t19-/m1/s1. The lowest BCUT2D eigenvalue weighted by Gasteiger charge is -2.42. The highest BCUT2D eigenvalue weighted by Gasteiger charge is 2.35. The molecule has 6 nitrogen and oxygen atoms in total. The van der Waals surface area contributed by atoms with Gasteiger partial charge in [0.05, 0.1) is 5.60 Å². The van der Waals surface area contributed by atoms with E-state index in [4.69, 9.17) is 0 Å². The summed E-state index contributed by atoms with van der Waals surface area (Å²) < 4.78 is 0. The van der Waals surface area contributed by atoms with E-state index in [1.807, 2.05) is 4.90 Å². The van der Waals surface area contributed by atoms with Crippen LogP contribution in [0, 0.1) is 12.8 Å². The summed E-state index contributed by atoms with van der Waals surface area (Å²) in [4.78, 5) is 18.1. The lowest BCUT2D eigenvalue weighted by molar-refractivity contribution is -0.129. The molecule has 0 spiro atoms. The number of aliphatic hydroxyl groups excluding tert-OH is 1. The summed E-state index contributed by atoms with van der Waals surface area (Å²) in [5, 5.41) is 20.8. The van der Waals surface area contributed by atoms with Crippen LogP contribution in [-0.2, 0) is 4.79 Å². The van der Waals surface area contributed by atoms with Crippen LogP contribution in [0.25, 0.3) is 0 Å². The second-order valence-corrected chi connectivity index (χ2v) is 8.30. The Balaban J connectivity index is 1.57. The quantitative estimate of drug-likeness (QED) is 0.825. The Morgan fingerprint density at radius 1 is 1.11 bits per heavy atom. The monoisotopic (exact) mass is 375 g/mol. The molecule has 0 bridgehead atoms. The first kappa shape index (κ1) is 20.1. The zero-order valence-corrected chi connectivity index (χ0v) is 16.6. The molecule has 1 atom stereocenters. The molecule has 6 heteroatoms. The van der Waals surface area contributed by atoms with Crippen molar-refractivity contribution < 1.29 is 15.0 Å². The number of aryl methyl sites for hydroxylation is 1. The van der Waals surface area contributed by atoms with Gasteiger partial charge in [0, 0.05) is 70.9 Å². The van der Waals surface area contributed by atoms with Crippen LogP contribution in [0.1, 0.15) is 25.3 Å². The smallest absolute Gasteiger partial charge is 0.219 e. The van der Waals surface area contributed by atoms with Gasteiger partial charge >= 0.3 is 0 Å². The van der Waals surface area contributed by atoms with Crippen LogP contribution in [0.2, 0.25) is 0 Å². The first-order valence-electron chi connectivity index (χ1n) is 10.0. The minimum absolute atomic E-state index is 0.0487. The molecule has 1 aromatic carbocycles. The van der Waals surface area contributed by atoms with Gasteiger partial charge < -0.3 is 20.0 Å². The van der Waals surface area contributed by atoms with Crippen molar-refractivity contribution in [2.24, 2.45) is 5.92 Å². The molecule has 0 aliphatic carbocycles. The van der Waals surface area contributed by atoms with Crippen LogP contribution in [-0.4, -0.2) is 83.9 Å². The van der Waals surface area contributed by atoms with Gasteiger partial charge in [0.2, 0.25) is 5.91 Å². The van der Waals surface area contributed by atoms with E-state index >= 15 is 0 Å². The highest BCUT2D eigenvalue weighted by atomic mass is 16.3. The lowest BCUT2D eigenvalue weighted by atomic mass is 9.90. The molecule has 2 saturated heterocycles. The van der Waals surface area contributed by atoms with E-state index in [-0.39, 0.29) is 18.4 Å². The van der Waals surface area contributed by atoms with Gasteiger partial charge in [0.15, 0.2) is 0 Å². The Hall–Kier alpha value is -1.63. The maximum atomic E-state index is 11.7. The minimum Gasteiger partial charge on any atom is -0.396 e. The molecule has 1 aromatic rings. The normalized spacial score (nSPS) is 23.9. The van der Waals surface area contributed by atoms with E-state index < -0.39 is 5.60 Å². The first-order valence-corrected chi connectivity index (χ1v) is 10.0. The largest absolute Gasteiger partial charge is 0.396 e. The van der Waals surface area contributed by atoms with Crippen molar-refractivity contribution in [2.75, 3.05) is 57.3 Å². The third kappa shape index (κ3) is 5.21. The molecule has 2 aliphatic rings. The van der Waals surface area contributed by atoms with Gasteiger partial charge in [-0.1, -0.05) is 17.7 Å². The van der Waals surface area contributed by atoms with E-state index in [1.165, 1.54) is 11.3 Å². The molecule has 0 radical (unpaired) electrons. The van der Waals surface area contributed by atoms with Gasteiger partial charge in [-0.05, 0) is 31.9 Å². The Morgan fingerprint density at radius 3 is 2.37 bits per heavy atom. The van der Waals surface area contributed by atoms with Gasteiger partial charge in [0.1, 0.15) is 0 Å². The number of β-amino-alcohol motifs (C(OH)–C–C–N with tert-alkyl or cyclic N) is 1. The molecular formula is C21H33N3O3. The highest BCUT2D eigenvalue weighted by molar-refractivity contribution is 5.73. The molecule has 2 heterocycles. The summed E-state index contributed by atoms with van der Waals surface area (Å²) in [5.74, 6) is 0.105. The summed E-state index contributed by atoms with van der Waals surface area (Å²) in [6.45, 7) is 8.78. The van der Waals surface area contributed by atoms with Crippen molar-refractivity contribution in [2.45, 2.75) is 32.3 Å². The van der Waals surface area contributed by atoms with Crippen LogP contribution in [0.3, 0.4) is 0 Å². The first-order chi connectivity index (χ1) is 12.9. The highest BCUT2D eigenvalue weighted by Crippen LogP contribution is 2.28. The van der Waals surface area contributed by atoms with Gasteiger partial charge in [0.25, 0.3) is 0 Å². The number of nitrogens with zero attached hydrogens (tertiary/aromatic N) is 3. The van der Waals surface area contributed by atoms with Crippen LogP contribution >= 0.6 is 0 Å². The van der Waals surface area contributed by atoms with Crippen molar-refractivity contribution in [3.05, 3.63) is 29.8 Å². The van der Waals surface area contributed by atoms with Crippen LogP contribution < -0.4 is 4.90 Å². The number of carbonyl (C=O) groups is 1. The molecule has 2 fully saturated rings. The Morgan fingerprint density at radius 2 is 1.78 bits per heavy atom. The number of piperidine rings is 1. The van der Waals surface area contributed by atoms with E-state index in [0.29, 0.717) is 19.6 Å². The molecule has 2 aliphatic heterocycles. The number of rotatable bonds is 4. The number of anilines is 1. The van der Waals surface area contributed by atoms with Crippen LogP contribution in [0.4, 0.5) is 5.69 Å². The summed E-state index contributed by atoms with van der Waals surface area (Å²) >= 11 is 0. The molecule has 2 N–H and O–H groups in total. The number of aliphatic hydroxyl groups is 2. The number of hydrogen-bond donors (Lipinski definition) is 2. The third-order valence-corrected chi connectivity index (χ3v) is 6.00. The Labute approximate surface area is 162 Å². The van der Waals surface area contributed by atoms with Crippen LogP contribution in [0.15, 0.2) is 24.3 Å². The third-order valence-electron chi connectivity index (χ3n) is 6.00. The summed E-state index contributed by atoms with van der Waals surface area (Å²) in [6, 6.07) is 8.56. The predicted octanol–water partition coefficient (Wildman–Crippen LogP) is 1.10. The molecule has 0 saturated carbocycles. The molecule has 3 rings (SSSR count). The van der Waals surface area contributed by atoms with Crippen molar-refractivity contribution in [1.82, 2.24) is 9.80 Å². The fourth-order valence-electron chi connectivity index (χ4n) is 4.24. The fraction of sp³-hybridized carbons (Fsp3) is 0.667. The molecular weight excluding hydrogens is 342 g/mol. The molecule has 1 amide bonds. The number of benzene rings is 1. The molecule has 150 valence electrons. The van der Waals surface area contributed by atoms with Gasteiger partial charge in [-0.2, -0.15) is 0 Å². The van der Waals surface area contributed by atoms with Crippen LogP contribution in [0.5, 0.6) is 0 Å². The molecule has 0 unspecified atom stereocenters. The molecule has 27 heavy (non-hydrogen) atoms. The predicted molar refractivity (Wildman–Crippen MR) is 107 cm³/mol. The van der Waals surface area contributed by atoms with E-state index in [1.54, 1.807) is 6.92 Å². The minimum atomic E-state index is -0.702. The summed E-state index contributed by atoms with van der Waals surface area (Å²) in [5.41, 5.74) is 1.77. The maximum Gasteiger partial charge on any atom is 0.219 e. The summed E-state index contributed by atoms with van der Waals surface area (Å²) in [7, 11) is 0. The zero-order chi connectivity index (χ0) is 19.4. The fourth-order valence-corrected chi connectivity index (χ4v) is 4.24. The van der Waals surface area contributed by atoms with Gasteiger partial charge in [-0.15, -0.1) is 0 Å². The number of hydrogen-bond acceptors (Lipinski definition) is 5. The topological polar surface area (TPSA) is 67.2 Å². The second kappa shape index (κ2) is 8.59. The van der Waals surface area contributed by atoms with Crippen molar-refractivity contribution in [3.8, 4) is 0 Å². The SMILES string of the molecule is CC(=O)N1CCN(CC2(O)CCN(c3ccc(C)cc3)CC2)C[C@@H](CO)C1. The average molecular weight is 376 g/mol. The van der Waals surface area contributed by atoms with Crippen molar-refractivity contribution >= 4 is 11.6 Å². The van der Waals surface area contributed by atoms with E-state index in [9.17, 15) is 15.0 Å². The Kier molecular flexibility index (Phi) is 6.40. The van der Waals surface area contributed by atoms with Gasteiger partial charge in [-0.3, -0.25) is 9.69 Å². The lowest BCUT2D eigenvalue weighted by Crippen LogP contribution is -2.52. The van der Waals surface area contributed by atoms with E-state index in [2.05, 4.69) is 41.0 Å². The zero-order valence-electron chi connectivity index (χ0n) is 16.6. The second-order valence-electron chi connectivity index (χ2n) is 8.30. The Bertz CT molecular complexity index is 626. The maximum absolute atomic E-state index is 11.7. The molecule has 0 aromatic heterocycles. The van der Waals surface area contributed by atoms with E-state index in [0.717, 1.165) is 39.0 Å². The summed E-state index contributed by atoms with van der Waals surface area (Å²) in [6.07, 6.45) is 1.47. The number of amides is 1. The number of carbonyl (C=O) groups excluding carboxylic acids is 1. The van der Waals surface area contributed by atoms with Crippen molar-refractivity contribution in [1.29, 1.82) is 0 Å². The average Bonchev–Trinajstić information content (AvgIpc) is 2.85.